The fourth-order valence-corrected chi connectivity index (χ4v) is 6.32. The van der Waals surface area contributed by atoms with Gasteiger partial charge in [-0.15, -0.1) is 0 Å². The number of likely N-dealkylation sites (tertiary alicyclic amines) is 1. The summed E-state index contributed by atoms with van der Waals surface area (Å²) in [5.74, 6) is 3.31. The van der Waals surface area contributed by atoms with Crippen molar-refractivity contribution in [2.24, 2.45) is 0 Å². The van der Waals surface area contributed by atoms with Crippen LogP contribution in [0.3, 0.4) is 0 Å². The van der Waals surface area contributed by atoms with Crippen LogP contribution in [0.4, 0.5) is 5.95 Å². The van der Waals surface area contributed by atoms with Crippen molar-refractivity contribution < 1.29 is 13.2 Å². The quantitative estimate of drug-likeness (QED) is 0.572. The molecule has 0 amide bonds. The van der Waals surface area contributed by atoms with Crippen molar-refractivity contribution in [3.63, 3.8) is 0 Å². The molecule has 4 heterocycles. The molecule has 0 aliphatic carbocycles. The van der Waals surface area contributed by atoms with Gasteiger partial charge in [0.1, 0.15) is 21.4 Å². The van der Waals surface area contributed by atoms with Gasteiger partial charge in [-0.3, -0.25) is 4.31 Å². The summed E-state index contributed by atoms with van der Waals surface area (Å²) in [7, 11) is -2.92. The molecule has 3 aliphatic heterocycles. The maximum absolute atomic E-state index is 11.4. The van der Waals surface area contributed by atoms with Crippen molar-refractivity contribution in [3.8, 4) is 5.75 Å². The number of aromatic nitrogens is 3. The van der Waals surface area contributed by atoms with Crippen molar-refractivity contribution in [2.75, 3.05) is 49.1 Å². The van der Waals surface area contributed by atoms with Crippen LogP contribution in [0.5, 0.6) is 5.75 Å². The molecular formula is C23H31N5O3S2. The van der Waals surface area contributed by atoms with Crippen LogP contribution in [-0.4, -0.2) is 72.9 Å². The third-order valence-corrected chi connectivity index (χ3v) is 8.52. The molecule has 0 atom stereocenters. The smallest absolute Gasteiger partial charge is 0.235 e. The molecule has 0 N–H and O–H groups in total. The number of benzene rings is 1. The van der Waals surface area contributed by atoms with Crippen molar-refractivity contribution in [2.45, 2.75) is 39.2 Å². The van der Waals surface area contributed by atoms with Gasteiger partial charge in [0.15, 0.2) is 0 Å². The second-order valence-corrected chi connectivity index (χ2v) is 12.8. The fourth-order valence-electron chi connectivity index (χ4n) is 4.60. The van der Waals surface area contributed by atoms with Crippen molar-refractivity contribution in [1.29, 1.82) is 0 Å². The van der Waals surface area contributed by atoms with Crippen LogP contribution < -0.4 is 9.04 Å². The Morgan fingerprint density at radius 3 is 2.79 bits per heavy atom. The summed E-state index contributed by atoms with van der Waals surface area (Å²) < 4.78 is 33.3. The van der Waals surface area contributed by atoms with Gasteiger partial charge in [-0.1, -0.05) is 12.1 Å². The lowest BCUT2D eigenvalue weighted by Gasteiger charge is -2.39. The summed E-state index contributed by atoms with van der Waals surface area (Å²) in [5.41, 5.74) is 3.76. The number of sulfone groups is 1. The number of aryl methyl sites for hydroxylation is 1. The van der Waals surface area contributed by atoms with Gasteiger partial charge in [0.05, 0.1) is 24.9 Å². The van der Waals surface area contributed by atoms with Gasteiger partial charge in [0.25, 0.3) is 0 Å². The van der Waals surface area contributed by atoms with Gasteiger partial charge >= 0.3 is 0 Å². The van der Waals surface area contributed by atoms with Gasteiger partial charge in [0, 0.05) is 48.7 Å². The highest BCUT2D eigenvalue weighted by atomic mass is 32.2. The predicted octanol–water partition coefficient (Wildman–Crippen LogP) is 3.27. The van der Waals surface area contributed by atoms with Crippen LogP contribution in [-0.2, 0) is 9.84 Å². The average molecular weight is 490 g/mol. The van der Waals surface area contributed by atoms with Gasteiger partial charge in [0.2, 0.25) is 5.95 Å². The Kier molecular flexibility index (Phi) is 5.95. The fraction of sp³-hybridized carbons (Fsp3) is 0.565. The Balaban J connectivity index is 1.31. The summed E-state index contributed by atoms with van der Waals surface area (Å²) in [5, 5.41) is 4.58. The van der Waals surface area contributed by atoms with Crippen LogP contribution in [0.15, 0.2) is 23.1 Å². The number of hydrogen-bond donors (Lipinski definition) is 0. The molecule has 0 radical (unpaired) electrons. The zero-order valence-electron chi connectivity index (χ0n) is 19.6. The largest absolute Gasteiger partial charge is 0.493 e. The van der Waals surface area contributed by atoms with Gasteiger partial charge < -0.3 is 9.64 Å². The number of ether oxygens (including phenoxy) is 1. The summed E-state index contributed by atoms with van der Waals surface area (Å²) in [6.07, 6.45) is 2.19. The van der Waals surface area contributed by atoms with Crippen LogP contribution in [0.25, 0.3) is 5.57 Å². The molecule has 1 saturated heterocycles. The lowest BCUT2D eigenvalue weighted by molar-refractivity contribution is 0.158. The molecule has 5 rings (SSSR count). The van der Waals surface area contributed by atoms with E-state index < -0.39 is 9.84 Å². The third-order valence-electron chi connectivity index (χ3n) is 6.41. The SMILES string of the molecule is Cc1nc(N2CC3=C(CCOc4cc(C5CN(CCS(C)(=O)=O)C5)ccc43)S2)n(C(C)C)n1. The first kappa shape index (κ1) is 22.7. The number of fused-ring (bicyclic) bond motifs is 2. The first-order valence-electron chi connectivity index (χ1n) is 11.5. The number of hydrogen-bond acceptors (Lipinski definition) is 8. The molecule has 0 saturated carbocycles. The lowest BCUT2D eigenvalue weighted by atomic mass is 9.89. The van der Waals surface area contributed by atoms with Crippen molar-refractivity contribution in [1.82, 2.24) is 19.7 Å². The van der Waals surface area contributed by atoms with E-state index >= 15 is 0 Å². The second kappa shape index (κ2) is 8.63. The highest BCUT2D eigenvalue weighted by Crippen LogP contribution is 2.47. The molecular weight excluding hydrogens is 458 g/mol. The molecule has 33 heavy (non-hydrogen) atoms. The molecule has 2 aromatic rings. The van der Waals surface area contributed by atoms with Crippen LogP contribution in [0, 0.1) is 6.92 Å². The van der Waals surface area contributed by atoms with E-state index in [2.05, 4.69) is 46.4 Å². The minimum Gasteiger partial charge on any atom is -0.493 e. The normalized spacial score (nSPS) is 19.4. The van der Waals surface area contributed by atoms with Crippen LogP contribution >= 0.6 is 11.9 Å². The maximum atomic E-state index is 11.4. The second-order valence-electron chi connectivity index (χ2n) is 9.47. The van der Waals surface area contributed by atoms with Gasteiger partial charge in [-0.25, -0.2) is 13.1 Å². The molecule has 178 valence electrons. The topological polar surface area (TPSA) is 80.6 Å². The highest BCUT2D eigenvalue weighted by Gasteiger charge is 2.33. The molecule has 0 bridgehead atoms. The van der Waals surface area contributed by atoms with E-state index in [-0.39, 0.29) is 11.8 Å². The van der Waals surface area contributed by atoms with E-state index in [0.29, 0.717) is 19.1 Å². The Hall–Kier alpha value is -2.04. The summed E-state index contributed by atoms with van der Waals surface area (Å²) in [6.45, 7) is 10.1. The Morgan fingerprint density at radius 2 is 2.06 bits per heavy atom. The highest BCUT2D eigenvalue weighted by molar-refractivity contribution is 8.04. The first-order valence-corrected chi connectivity index (χ1v) is 14.3. The lowest BCUT2D eigenvalue weighted by Crippen LogP contribution is -2.46. The number of nitrogens with zero attached hydrogens (tertiary/aromatic N) is 5. The van der Waals surface area contributed by atoms with Crippen molar-refractivity contribution >= 4 is 33.3 Å². The molecule has 1 aromatic carbocycles. The summed E-state index contributed by atoms with van der Waals surface area (Å²) in [4.78, 5) is 8.25. The van der Waals surface area contributed by atoms with E-state index in [0.717, 1.165) is 43.6 Å². The molecule has 0 spiro atoms. The average Bonchev–Trinajstić information content (AvgIpc) is 3.26. The van der Waals surface area contributed by atoms with E-state index in [1.165, 1.54) is 27.9 Å². The maximum Gasteiger partial charge on any atom is 0.235 e. The van der Waals surface area contributed by atoms with E-state index in [9.17, 15) is 8.42 Å². The van der Waals surface area contributed by atoms with E-state index in [1.54, 1.807) is 11.9 Å². The third kappa shape index (κ3) is 4.65. The molecule has 10 heteroatoms. The number of anilines is 1. The Morgan fingerprint density at radius 1 is 1.27 bits per heavy atom. The standard InChI is InChI=1S/C23H31N5O3S2/c1-15(2)28-23(24-16(3)25-28)27-14-20-19-6-5-17(11-21(19)31-9-7-22(20)32-27)18-12-26(13-18)8-10-33(4,29)30/h5-6,11,15,18H,7-10,12-14H2,1-4H3. The van der Waals surface area contributed by atoms with E-state index in [4.69, 9.17) is 9.72 Å². The molecule has 0 unspecified atom stereocenters. The van der Waals surface area contributed by atoms with Gasteiger partial charge in [-0.2, -0.15) is 10.1 Å². The minimum absolute atomic E-state index is 0.224. The first-order chi connectivity index (χ1) is 15.7. The van der Waals surface area contributed by atoms with E-state index in [1.807, 2.05) is 11.6 Å². The minimum atomic E-state index is -2.92. The summed E-state index contributed by atoms with van der Waals surface area (Å²) in [6, 6.07) is 6.86. The Labute approximate surface area is 200 Å². The zero-order chi connectivity index (χ0) is 23.3. The molecule has 3 aliphatic rings. The predicted molar refractivity (Wildman–Crippen MR) is 132 cm³/mol. The molecule has 1 aromatic heterocycles. The summed E-state index contributed by atoms with van der Waals surface area (Å²) >= 11 is 1.76. The number of rotatable bonds is 6. The van der Waals surface area contributed by atoms with Crippen LogP contribution in [0.1, 0.15) is 49.2 Å². The Bertz CT molecular complexity index is 1200. The van der Waals surface area contributed by atoms with Crippen molar-refractivity contribution in [3.05, 3.63) is 40.1 Å². The van der Waals surface area contributed by atoms with Crippen LogP contribution in [0.2, 0.25) is 0 Å². The molecule has 1 fully saturated rings. The molecule has 8 nitrogen and oxygen atoms in total. The monoisotopic (exact) mass is 489 g/mol. The van der Waals surface area contributed by atoms with Gasteiger partial charge in [-0.05, 0) is 49.9 Å². The zero-order valence-corrected chi connectivity index (χ0v) is 21.2.